The van der Waals surface area contributed by atoms with Crippen molar-refractivity contribution in [3.8, 4) is 12.1 Å². The molecule has 52 heteroatoms. The molecular weight excluding hydrogens is 1820 g/mol. The second-order valence-electron chi connectivity index (χ2n) is 37.2. The maximum Gasteiger partial charge on any atom is 0.332 e. The van der Waals surface area contributed by atoms with Gasteiger partial charge in [-0.1, -0.05) is 62.3 Å². The predicted molar refractivity (Wildman–Crippen MR) is 403 cm³/mol. The largest absolute Gasteiger partial charge is 0.469 e. The van der Waals surface area contributed by atoms with E-state index in [4.69, 9.17) is 91.4 Å². The lowest BCUT2D eigenvalue weighted by Gasteiger charge is -2.31. The molecule has 0 aromatic rings. The van der Waals surface area contributed by atoms with Gasteiger partial charge in [-0.25, -0.2) is 0 Å². The summed E-state index contributed by atoms with van der Waals surface area (Å²) in [6.45, 7) is 20.4. The lowest BCUT2D eigenvalue weighted by molar-refractivity contribution is -0.162. The molecule has 24 heterocycles. The highest BCUT2D eigenvalue weighted by Crippen LogP contribution is 2.66. The molecule has 44 nitrogen and oxygen atoms in total. The highest BCUT2D eigenvalue weighted by atomic mass is 32.3. The van der Waals surface area contributed by atoms with E-state index in [0.29, 0.717) is 6.42 Å². The van der Waals surface area contributed by atoms with Gasteiger partial charge in [-0.3, -0.25) is 52.6 Å². The lowest BCUT2D eigenvalue weighted by atomic mass is 9.73. The minimum absolute atomic E-state index is 0.0000520. The van der Waals surface area contributed by atoms with Gasteiger partial charge in [0, 0.05) is 92.8 Å². The Labute approximate surface area is 716 Å². The van der Waals surface area contributed by atoms with Gasteiger partial charge in [0.15, 0.2) is 0 Å². The van der Waals surface area contributed by atoms with E-state index in [9.17, 15) is 96.7 Å². The minimum Gasteiger partial charge on any atom is -0.469 e. The van der Waals surface area contributed by atoms with Crippen LogP contribution in [0.2, 0.25) is 0 Å². The van der Waals surface area contributed by atoms with E-state index in [1.54, 1.807) is 20.8 Å². The summed E-state index contributed by atoms with van der Waals surface area (Å²) in [4.78, 5) is 45.5. The third-order valence-electron chi connectivity index (χ3n) is 31.2. The first kappa shape index (κ1) is 91.6. The summed E-state index contributed by atoms with van der Waals surface area (Å²) >= 11 is 0. The van der Waals surface area contributed by atoms with Crippen LogP contribution in [0, 0.1) is 87.8 Å². The molecule has 0 radical (unpaired) electrons. The first-order valence-electron chi connectivity index (χ1n) is 40.7. The number of nitriles is 2. The zero-order valence-corrected chi connectivity index (χ0v) is 75.6. The highest BCUT2D eigenvalue weighted by molar-refractivity contribution is 7.90. The van der Waals surface area contributed by atoms with Crippen molar-refractivity contribution >= 4 is 105 Å². The van der Waals surface area contributed by atoms with E-state index in [1.165, 1.54) is 28.1 Å². The molecular formula is C72H98N2O42S8. The number of carbonyl (C=O) groups excluding carboxylic acids is 4. The van der Waals surface area contributed by atoms with Gasteiger partial charge >= 0.3 is 23.9 Å². The van der Waals surface area contributed by atoms with Crippen molar-refractivity contribution < 1.29 is 187 Å². The molecule has 43 unspecified atom stereocenters. The number of aliphatic hydroxyl groups is 2. The Bertz CT molecular complexity index is 5540. The van der Waals surface area contributed by atoms with Crippen molar-refractivity contribution in [3.63, 3.8) is 0 Å². The van der Waals surface area contributed by atoms with E-state index in [0.717, 1.165) is 0 Å². The van der Waals surface area contributed by atoms with Gasteiger partial charge in [0.25, 0.3) is 80.9 Å². The lowest BCUT2D eigenvalue weighted by Crippen LogP contribution is -2.52. The molecule has 124 heavy (non-hydrogen) atoms. The van der Waals surface area contributed by atoms with Crippen LogP contribution in [0.15, 0.2) is 0 Å². The normalized spacial score (nSPS) is 54.5. The summed E-state index contributed by atoms with van der Waals surface area (Å²) in [5, 5.41) is 32.9. The monoisotopic (exact) mass is 1920 g/mol. The number of esters is 4. The molecule has 24 rings (SSSR count). The zero-order chi connectivity index (χ0) is 90.5. The molecule has 696 valence electrons. The number of ether oxygens (including phenoxy) is 12. The van der Waals surface area contributed by atoms with E-state index >= 15 is 0 Å². The molecule has 16 bridgehead atoms. The van der Waals surface area contributed by atoms with Gasteiger partial charge in [0.05, 0.1) is 87.7 Å². The van der Waals surface area contributed by atoms with Crippen LogP contribution in [0.4, 0.5) is 0 Å². The summed E-state index contributed by atoms with van der Waals surface area (Å²) in [6.07, 6.45) is -5.77. The fourth-order valence-electron chi connectivity index (χ4n) is 24.4. The highest BCUT2D eigenvalue weighted by Gasteiger charge is 2.83. The molecule has 0 aromatic heterocycles. The third kappa shape index (κ3) is 12.3. The molecule has 43 atom stereocenters. The molecule has 24 fully saturated rings. The van der Waals surface area contributed by atoms with Crippen molar-refractivity contribution in [1.29, 1.82) is 10.5 Å². The maximum atomic E-state index is 12.2. The Hall–Kier alpha value is -4.26. The Morgan fingerprint density at radius 2 is 0.847 bits per heavy atom. The molecule has 0 saturated carbocycles. The van der Waals surface area contributed by atoms with Crippen molar-refractivity contribution in [2.45, 2.75) is 300 Å². The average molecular weight is 1920 g/mol. The number of hydrogen-bond donors (Lipinski definition) is 2. The predicted octanol–water partition coefficient (Wildman–Crippen LogP) is -3.06. The van der Waals surface area contributed by atoms with Crippen LogP contribution >= 0.6 is 0 Å². The zero-order valence-electron chi connectivity index (χ0n) is 69.0. The van der Waals surface area contributed by atoms with Gasteiger partial charge in [0.1, 0.15) is 152 Å². The first-order chi connectivity index (χ1) is 57.5. The number of rotatable bonds is 8. The van der Waals surface area contributed by atoms with E-state index in [-0.39, 0.29) is 160 Å². The number of aliphatic hydroxyl groups excluding tert-OH is 2. The summed E-state index contributed by atoms with van der Waals surface area (Å²) in [6, 6.07) is 3.90. The number of methoxy groups -OCH3 is 2. The maximum absolute atomic E-state index is 12.2. The topological polar surface area (TPSA) is 614 Å². The standard InChI is InChI=1S/C13H18O8S.C9H14O6S.2C9H12O6S.2C8H9NO4S.2C8H12O4S/c1-7-11-13(6-19-9(3)15)10(22(16,17)20-11)4-12(7,21-13)5-18-8(2)14;1-5-7-9(4-11)6(16(12,13)14-7)2-8(5,3-10)15-9;1-4-5-3-9(8(10)13-2)7(14-5)6(4)15-16(9,11)12;1-3-5-4(9(10)13-2)8-7(14-5)6(3)15-16(8,11)12;1-4-5-2-8(3-9)7(12-5)6(4)13-14(8,10)11;1-3-5-4(2-9)8-7(12-5)6(3)13-14(8,10)11;1-4-5-3-8(2)7(11-5)6(4)12-13(8,9)10;1-3-5-4(2)8-7(11-5)6(3)12-13(8,9)10/h7,10-11H,4-6H2,1-3H3;5-7,10-11H,2-4H2,1H3;4-7H,3H2,1-2H3;3-8H,1-2H3;4-7H,2H2,1H3;3-8H,1H3;4-7H,3H2,1-2H3;3-8H,1-2H3. The molecule has 0 spiro atoms. The van der Waals surface area contributed by atoms with Gasteiger partial charge < -0.3 is 67.1 Å². The number of hydrogen-bond acceptors (Lipinski definition) is 44. The Balaban J connectivity index is 0.000000101. The van der Waals surface area contributed by atoms with Crippen molar-refractivity contribution in [1.82, 2.24) is 0 Å². The molecule has 0 aromatic carbocycles. The van der Waals surface area contributed by atoms with E-state index in [2.05, 4.69) is 9.47 Å². The number of carbonyl (C=O) groups is 4. The first-order valence-corrected chi connectivity index (χ1v) is 52.3. The molecule has 2 N–H and O–H groups in total. The summed E-state index contributed by atoms with van der Waals surface area (Å²) in [7, 11) is -26.8. The fourth-order valence-corrected chi connectivity index (χ4v) is 39.3. The molecule has 0 amide bonds. The van der Waals surface area contributed by atoms with Crippen LogP contribution in [-0.4, -0.2) is 327 Å². The van der Waals surface area contributed by atoms with E-state index in [1.807, 2.05) is 60.6 Å². The minimum atomic E-state index is -3.94. The Kier molecular flexibility index (Phi) is 21.7. The SMILES string of the molecule is CC(=O)OCC12CC3C(COC(C)=O)(O1)C(OS3(=O)=O)C2C.CC1C2CC3(C#N)C(O2)C1OS3(=O)=O.CC1C2CC3(C)C(O2)C1OS3(=O)=O.CC1C2OC3C1OS(=O)(=O)C3C2C.CC1C2OC3C1OS(=O)(=O)C3C2C#N.CC1C2OS(=O)(=O)C3CC1(CO)OC23CO.COC(=O)C12CC3OC1C(OS2(=O)=O)C3C.COC(=O)C1C2OC3C(OS(=O)(=O)C31)C2C. The summed E-state index contributed by atoms with van der Waals surface area (Å²) in [5.74, 6) is -3.64. The molecule has 24 aliphatic heterocycles. The second kappa shape index (κ2) is 29.4. The Morgan fingerprint density at radius 1 is 0.403 bits per heavy atom. The smallest absolute Gasteiger partial charge is 0.332 e. The average Bonchev–Trinajstić information content (AvgIpc) is 1.50. The number of fused-ring (bicyclic) bond motifs is 8. The van der Waals surface area contributed by atoms with Crippen molar-refractivity contribution in [3.05, 3.63) is 0 Å². The number of nitrogens with zero attached hydrogens (tertiary/aromatic N) is 2. The quantitative estimate of drug-likeness (QED) is 0.138. The molecule has 0 aliphatic carbocycles. The Morgan fingerprint density at radius 3 is 1.36 bits per heavy atom. The van der Waals surface area contributed by atoms with Crippen molar-refractivity contribution in [2.75, 3.05) is 40.6 Å². The van der Waals surface area contributed by atoms with Crippen LogP contribution in [0.25, 0.3) is 0 Å². The van der Waals surface area contributed by atoms with Gasteiger partial charge in [0.2, 0.25) is 9.49 Å². The van der Waals surface area contributed by atoms with Crippen LogP contribution in [0.3, 0.4) is 0 Å². The molecule has 24 aliphatic rings. The van der Waals surface area contributed by atoms with Crippen LogP contribution in [0.5, 0.6) is 0 Å². The fraction of sp³-hybridized carbons (Fsp3) is 0.917. The van der Waals surface area contributed by atoms with Crippen molar-refractivity contribution in [2.24, 2.45) is 65.1 Å². The van der Waals surface area contributed by atoms with Gasteiger partial charge in [-0.15, -0.1) is 0 Å². The van der Waals surface area contributed by atoms with Crippen LogP contribution in [-0.2, 0) is 190 Å². The van der Waals surface area contributed by atoms with Gasteiger partial charge in [-0.05, 0) is 13.3 Å². The van der Waals surface area contributed by atoms with E-state index < -0.39 is 247 Å². The third-order valence-corrected chi connectivity index (χ3v) is 45.8. The second-order valence-corrected chi connectivity index (χ2v) is 51.6. The summed E-state index contributed by atoms with van der Waals surface area (Å²) < 4.78 is 289. The summed E-state index contributed by atoms with van der Waals surface area (Å²) in [5.41, 5.74) is -4.18. The van der Waals surface area contributed by atoms with Crippen LogP contribution < -0.4 is 0 Å². The molecule has 24 saturated heterocycles. The van der Waals surface area contributed by atoms with Gasteiger partial charge in [-0.2, -0.15) is 77.9 Å². The van der Waals surface area contributed by atoms with Crippen LogP contribution in [0.1, 0.15) is 115 Å².